The van der Waals surface area contributed by atoms with Crippen molar-refractivity contribution in [1.29, 1.82) is 0 Å². The van der Waals surface area contributed by atoms with Crippen molar-refractivity contribution in [3.8, 4) is 11.3 Å². The van der Waals surface area contributed by atoms with Crippen LogP contribution in [-0.2, 0) is 0 Å². The number of likely N-dealkylation sites (N-methyl/N-ethyl adjacent to an activating group) is 2. The third-order valence-electron chi connectivity index (χ3n) is 4.03. The maximum Gasteiger partial charge on any atom is 0.225 e. The minimum Gasteiger partial charge on any atom is -0.356 e. The summed E-state index contributed by atoms with van der Waals surface area (Å²) >= 11 is 0. The van der Waals surface area contributed by atoms with Crippen LogP contribution in [0.5, 0.6) is 0 Å². The molecule has 0 N–H and O–H groups in total. The van der Waals surface area contributed by atoms with Gasteiger partial charge in [0.15, 0.2) is 5.82 Å². The lowest BCUT2D eigenvalue weighted by atomic mass is 10.1. The predicted octanol–water partition coefficient (Wildman–Crippen LogP) is 2.90. The highest BCUT2D eigenvalue weighted by molar-refractivity contribution is 5.59. The fourth-order valence-electron chi connectivity index (χ4n) is 2.53. The second kappa shape index (κ2) is 8.19. The van der Waals surface area contributed by atoms with Crippen molar-refractivity contribution in [3.05, 3.63) is 60.9 Å². The molecular formula is C19H22N6. The summed E-state index contributed by atoms with van der Waals surface area (Å²) in [7, 11) is 2.02. The molecule has 0 aliphatic carbocycles. The van der Waals surface area contributed by atoms with Crippen LogP contribution in [0.25, 0.3) is 11.3 Å². The van der Waals surface area contributed by atoms with Crippen LogP contribution in [-0.4, -0.2) is 46.8 Å². The van der Waals surface area contributed by atoms with Gasteiger partial charge in [-0.15, -0.1) is 10.2 Å². The summed E-state index contributed by atoms with van der Waals surface area (Å²) < 4.78 is 0. The van der Waals surface area contributed by atoms with Gasteiger partial charge in [0.25, 0.3) is 0 Å². The average Bonchev–Trinajstić information content (AvgIpc) is 2.70. The SMILES string of the molecule is CCN(CCN(C)c1ccc(-c2ccccc2)nn1)c1ncccn1. The molecule has 0 aliphatic heterocycles. The molecule has 1 aromatic carbocycles. The number of nitrogens with zero attached hydrogens (tertiary/aromatic N) is 6. The largest absolute Gasteiger partial charge is 0.356 e. The zero-order valence-corrected chi connectivity index (χ0v) is 14.6. The van der Waals surface area contributed by atoms with Crippen LogP contribution in [0.3, 0.4) is 0 Å². The van der Waals surface area contributed by atoms with E-state index < -0.39 is 0 Å². The zero-order valence-electron chi connectivity index (χ0n) is 14.6. The second-order valence-corrected chi connectivity index (χ2v) is 5.69. The van der Waals surface area contributed by atoms with E-state index in [1.807, 2.05) is 55.6 Å². The van der Waals surface area contributed by atoms with E-state index in [4.69, 9.17) is 0 Å². The van der Waals surface area contributed by atoms with Gasteiger partial charge in [0.1, 0.15) is 0 Å². The van der Waals surface area contributed by atoms with Crippen molar-refractivity contribution in [3.63, 3.8) is 0 Å². The van der Waals surface area contributed by atoms with Crippen LogP contribution in [0.15, 0.2) is 60.9 Å². The molecule has 25 heavy (non-hydrogen) atoms. The maximum atomic E-state index is 4.36. The third kappa shape index (κ3) is 4.29. The smallest absolute Gasteiger partial charge is 0.225 e. The van der Waals surface area contributed by atoms with Crippen LogP contribution in [0.1, 0.15) is 6.92 Å². The Labute approximate surface area is 148 Å². The first kappa shape index (κ1) is 16.8. The van der Waals surface area contributed by atoms with E-state index in [0.29, 0.717) is 0 Å². The summed E-state index contributed by atoms with van der Waals surface area (Å²) in [4.78, 5) is 12.9. The molecule has 2 heterocycles. The number of anilines is 2. The quantitative estimate of drug-likeness (QED) is 0.662. The minimum absolute atomic E-state index is 0.754. The van der Waals surface area contributed by atoms with Crippen LogP contribution in [0.2, 0.25) is 0 Å². The van der Waals surface area contributed by atoms with Crippen LogP contribution in [0.4, 0.5) is 11.8 Å². The summed E-state index contributed by atoms with van der Waals surface area (Å²) in [6, 6.07) is 15.9. The Morgan fingerprint density at radius 1 is 0.840 bits per heavy atom. The standard InChI is InChI=1S/C19H22N6/c1-3-25(19-20-12-7-13-21-19)15-14-24(2)18-11-10-17(22-23-18)16-8-5-4-6-9-16/h4-13H,3,14-15H2,1-2H3. The monoisotopic (exact) mass is 334 g/mol. The average molecular weight is 334 g/mol. The molecule has 0 amide bonds. The van der Waals surface area contributed by atoms with Crippen molar-refractivity contribution in [2.24, 2.45) is 0 Å². The summed E-state index contributed by atoms with van der Waals surface area (Å²) in [5.74, 6) is 1.61. The minimum atomic E-state index is 0.754. The van der Waals surface area contributed by atoms with Crippen LogP contribution >= 0.6 is 0 Å². The lowest BCUT2D eigenvalue weighted by Crippen LogP contribution is -2.34. The molecule has 0 spiro atoms. The van der Waals surface area contributed by atoms with Gasteiger partial charge in [0.2, 0.25) is 5.95 Å². The molecule has 128 valence electrons. The van der Waals surface area contributed by atoms with E-state index in [9.17, 15) is 0 Å². The van der Waals surface area contributed by atoms with Gasteiger partial charge in [-0.25, -0.2) is 9.97 Å². The first-order valence-corrected chi connectivity index (χ1v) is 8.40. The number of aromatic nitrogens is 4. The molecule has 6 heteroatoms. The number of hydrogen-bond donors (Lipinski definition) is 0. The van der Waals surface area contributed by atoms with E-state index in [1.165, 1.54) is 0 Å². The number of hydrogen-bond acceptors (Lipinski definition) is 6. The second-order valence-electron chi connectivity index (χ2n) is 5.69. The molecule has 3 rings (SSSR count). The van der Waals surface area contributed by atoms with Gasteiger partial charge >= 0.3 is 0 Å². The fraction of sp³-hybridized carbons (Fsp3) is 0.263. The van der Waals surface area contributed by atoms with E-state index in [0.717, 1.165) is 42.7 Å². The van der Waals surface area contributed by atoms with Gasteiger partial charge in [0, 0.05) is 44.6 Å². The van der Waals surface area contributed by atoms with E-state index in [2.05, 4.69) is 36.9 Å². The normalized spacial score (nSPS) is 10.5. The van der Waals surface area contributed by atoms with Crippen molar-refractivity contribution in [2.75, 3.05) is 36.5 Å². The number of rotatable bonds is 7. The van der Waals surface area contributed by atoms with Crippen molar-refractivity contribution in [1.82, 2.24) is 20.2 Å². The molecule has 3 aromatic rings. The summed E-state index contributed by atoms with van der Waals surface area (Å²) in [5.41, 5.74) is 1.95. The molecule has 0 aliphatic rings. The highest BCUT2D eigenvalue weighted by atomic mass is 15.3. The molecule has 2 aromatic heterocycles. The lowest BCUT2D eigenvalue weighted by molar-refractivity contribution is 0.751. The fourth-order valence-corrected chi connectivity index (χ4v) is 2.53. The van der Waals surface area contributed by atoms with Gasteiger partial charge in [-0.05, 0) is 25.1 Å². The predicted molar refractivity (Wildman–Crippen MR) is 101 cm³/mol. The van der Waals surface area contributed by atoms with E-state index in [-0.39, 0.29) is 0 Å². The Morgan fingerprint density at radius 3 is 2.24 bits per heavy atom. The molecule has 0 saturated carbocycles. The summed E-state index contributed by atoms with van der Waals surface area (Å²) in [5, 5.41) is 8.70. The molecule has 0 bridgehead atoms. The van der Waals surface area contributed by atoms with E-state index in [1.54, 1.807) is 12.4 Å². The first-order chi connectivity index (χ1) is 12.3. The lowest BCUT2D eigenvalue weighted by Gasteiger charge is -2.24. The third-order valence-corrected chi connectivity index (χ3v) is 4.03. The number of benzene rings is 1. The Balaban J connectivity index is 1.62. The van der Waals surface area contributed by atoms with Crippen molar-refractivity contribution >= 4 is 11.8 Å². The van der Waals surface area contributed by atoms with Crippen LogP contribution < -0.4 is 9.80 Å². The van der Waals surface area contributed by atoms with Crippen molar-refractivity contribution < 1.29 is 0 Å². The Morgan fingerprint density at radius 2 is 1.60 bits per heavy atom. The Kier molecular flexibility index (Phi) is 5.51. The molecule has 0 fully saturated rings. The van der Waals surface area contributed by atoms with E-state index >= 15 is 0 Å². The highest BCUT2D eigenvalue weighted by Gasteiger charge is 2.10. The van der Waals surface area contributed by atoms with Gasteiger partial charge in [-0.2, -0.15) is 0 Å². The molecule has 0 unspecified atom stereocenters. The zero-order chi connectivity index (χ0) is 17.5. The highest BCUT2D eigenvalue weighted by Crippen LogP contribution is 2.17. The Hall–Kier alpha value is -3.02. The van der Waals surface area contributed by atoms with Gasteiger partial charge in [-0.1, -0.05) is 30.3 Å². The molecule has 6 nitrogen and oxygen atoms in total. The molecule has 0 radical (unpaired) electrons. The maximum absolute atomic E-state index is 4.36. The topological polar surface area (TPSA) is 58.0 Å². The summed E-state index contributed by atoms with van der Waals surface area (Å²) in [6.07, 6.45) is 3.53. The first-order valence-electron chi connectivity index (χ1n) is 8.40. The molecule has 0 saturated heterocycles. The van der Waals surface area contributed by atoms with Gasteiger partial charge in [-0.3, -0.25) is 0 Å². The van der Waals surface area contributed by atoms with Gasteiger partial charge < -0.3 is 9.80 Å². The van der Waals surface area contributed by atoms with Gasteiger partial charge in [0.05, 0.1) is 5.69 Å². The molecular weight excluding hydrogens is 312 g/mol. The summed E-state index contributed by atoms with van der Waals surface area (Å²) in [6.45, 7) is 4.59. The van der Waals surface area contributed by atoms with Crippen molar-refractivity contribution in [2.45, 2.75) is 6.92 Å². The molecule has 0 atom stereocenters. The van der Waals surface area contributed by atoms with Crippen LogP contribution in [0, 0.1) is 0 Å². The Bertz CT molecular complexity index is 761.